The molecule has 3 heterocycles. The number of nitrogens with zero attached hydrogens (tertiary/aromatic N) is 3. The Bertz CT molecular complexity index is 1880. The van der Waals surface area contributed by atoms with Gasteiger partial charge in [0, 0.05) is 35.1 Å². The van der Waals surface area contributed by atoms with Crippen molar-refractivity contribution in [1.82, 2.24) is 14.5 Å². The molecule has 0 N–H and O–H groups in total. The first-order valence-corrected chi connectivity index (χ1v) is 11.8. The molecule has 5 heteroatoms. The Balaban J connectivity index is 0.00000252. The average molecular weight is 657 g/mol. The first-order chi connectivity index (χ1) is 17.8. The molecule has 0 aliphatic rings. The van der Waals surface area contributed by atoms with Crippen LogP contribution in [0.5, 0.6) is 11.6 Å². The van der Waals surface area contributed by atoms with Crippen molar-refractivity contribution in [3.8, 4) is 28.6 Å². The molecule has 37 heavy (non-hydrogen) atoms. The van der Waals surface area contributed by atoms with Gasteiger partial charge in [0.2, 0.25) is 5.88 Å². The Morgan fingerprint density at radius 3 is 2.35 bits per heavy atom. The Kier molecular flexibility index (Phi) is 6.03. The number of aromatic nitrogens is 3. The van der Waals surface area contributed by atoms with Gasteiger partial charge in [0.15, 0.2) is 0 Å². The van der Waals surface area contributed by atoms with Crippen LogP contribution in [0.1, 0.15) is 0 Å². The van der Waals surface area contributed by atoms with Crippen molar-refractivity contribution in [3.05, 3.63) is 128 Å². The molecule has 3 aromatic heterocycles. The van der Waals surface area contributed by atoms with E-state index >= 15 is 0 Å². The second-order valence-corrected chi connectivity index (χ2v) is 8.58. The molecule has 0 fully saturated rings. The predicted molar refractivity (Wildman–Crippen MR) is 144 cm³/mol. The van der Waals surface area contributed by atoms with Crippen molar-refractivity contribution in [2.75, 3.05) is 0 Å². The van der Waals surface area contributed by atoms with E-state index in [2.05, 4.69) is 69.1 Å². The number of pyridine rings is 2. The quantitative estimate of drug-likeness (QED) is 0.182. The van der Waals surface area contributed by atoms with Gasteiger partial charge in [0.05, 0.1) is 0 Å². The summed E-state index contributed by atoms with van der Waals surface area (Å²) in [6.07, 6.45) is 3.64. The zero-order valence-corrected chi connectivity index (χ0v) is 21.8. The first kappa shape index (κ1) is 23.1. The maximum atomic E-state index is 6.08. The first-order valence-electron chi connectivity index (χ1n) is 11.8. The fraction of sp³-hybridized carbons (Fsp3) is 0. The molecule has 0 aliphatic heterocycles. The van der Waals surface area contributed by atoms with Gasteiger partial charge in [-0.15, -0.1) is 18.2 Å². The summed E-state index contributed by atoms with van der Waals surface area (Å²) in [7, 11) is 0. The maximum absolute atomic E-state index is 6.08. The van der Waals surface area contributed by atoms with E-state index in [0.717, 1.165) is 44.1 Å². The van der Waals surface area contributed by atoms with E-state index < -0.39 is 0 Å². The van der Waals surface area contributed by atoms with Gasteiger partial charge in [0.25, 0.3) is 0 Å². The number of hydrogen-bond acceptors (Lipinski definition) is 3. The normalized spacial score (nSPS) is 11.0. The maximum Gasteiger partial charge on any atom is 2.00 e. The molecule has 0 saturated carbocycles. The van der Waals surface area contributed by atoms with Gasteiger partial charge in [-0.05, 0) is 34.5 Å². The van der Waals surface area contributed by atoms with Gasteiger partial charge in [-0.3, -0.25) is 0 Å². The van der Waals surface area contributed by atoms with Crippen LogP contribution in [0.4, 0.5) is 0 Å². The van der Waals surface area contributed by atoms with Crippen molar-refractivity contribution >= 4 is 32.6 Å². The summed E-state index contributed by atoms with van der Waals surface area (Å²) < 4.78 is 8.24. The van der Waals surface area contributed by atoms with Crippen LogP contribution in [0, 0.1) is 12.1 Å². The third kappa shape index (κ3) is 4.20. The van der Waals surface area contributed by atoms with Crippen molar-refractivity contribution in [2.45, 2.75) is 0 Å². The molecule has 0 amide bonds. The summed E-state index contributed by atoms with van der Waals surface area (Å²) in [6, 6.07) is 41.5. The Labute approximate surface area is 228 Å². The van der Waals surface area contributed by atoms with E-state index in [1.807, 2.05) is 73.1 Å². The minimum atomic E-state index is 0. The Morgan fingerprint density at radius 1 is 0.649 bits per heavy atom. The van der Waals surface area contributed by atoms with E-state index in [4.69, 9.17) is 4.74 Å². The van der Waals surface area contributed by atoms with E-state index in [1.165, 1.54) is 5.39 Å². The fourth-order valence-corrected chi connectivity index (χ4v) is 4.67. The molecule has 0 unspecified atom stereocenters. The fourth-order valence-electron chi connectivity index (χ4n) is 4.67. The molecule has 4 nitrogen and oxygen atoms in total. The van der Waals surface area contributed by atoms with Gasteiger partial charge >= 0.3 is 21.1 Å². The topological polar surface area (TPSA) is 39.9 Å². The summed E-state index contributed by atoms with van der Waals surface area (Å²) in [6.45, 7) is 0. The average Bonchev–Trinajstić information content (AvgIpc) is 3.27. The van der Waals surface area contributed by atoms with Crippen LogP contribution >= 0.6 is 0 Å². The molecule has 7 aromatic rings. The largest absolute Gasteiger partial charge is 2.00 e. The minimum Gasteiger partial charge on any atom is -0.460 e. The molecule has 0 saturated heterocycles. The summed E-state index contributed by atoms with van der Waals surface area (Å²) >= 11 is 0. The minimum absolute atomic E-state index is 0. The molecule has 0 radical (unpaired) electrons. The molecule has 0 aliphatic carbocycles. The molecule has 4 aromatic carbocycles. The van der Waals surface area contributed by atoms with E-state index in [1.54, 1.807) is 0 Å². The van der Waals surface area contributed by atoms with Crippen molar-refractivity contribution in [3.63, 3.8) is 0 Å². The molecule has 0 atom stereocenters. The number of fused-ring (bicyclic) bond motifs is 4. The van der Waals surface area contributed by atoms with Crippen molar-refractivity contribution in [2.24, 2.45) is 0 Å². The van der Waals surface area contributed by atoms with Crippen LogP contribution in [-0.4, -0.2) is 14.5 Å². The molecular weight excluding hydrogens is 637 g/mol. The van der Waals surface area contributed by atoms with Crippen molar-refractivity contribution in [1.29, 1.82) is 0 Å². The smallest absolute Gasteiger partial charge is 0.460 e. The van der Waals surface area contributed by atoms with Crippen LogP contribution in [0.25, 0.3) is 49.5 Å². The van der Waals surface area contributed by atoms with E-state index in [-0.39, 0.29) is 21.1 Å². The number of benzene rings is 4. The monoisotopic (exact) mass is 656 g/mol. The van der Waals surface area contributed by atoms with Gasteiger partial charge in [0.1, 0.15) is 5.82 Å². The van der Waals surface area contributed by atoms with Gasteiger partial charge in [-0.2, -0.15) is 24.3 Å². The number of para-hydroxylation sites is 1. The predicted octanol–water partition coefficient (Wildman–Crippen LogP) is 7.78. The molecule has 7 rings (SSSR count). The zero-order chi connectivity index (χ0) is 23.9. The second kappa shape index (κ2) is 9.65. The zero-order valence-electron chi connectivity index (χ0n) is 19.5. The standard InChI is InChI=1S/C32H19N3O.Pt/c1-2-9-25-21-34-32(20-23(25)8-1)36-26-11-7-10-22(18-26)24-15-16-28-27-12-3-4-13-29(27)35(30(28)19-24)31-14-5-6-17-33-31;/h1-17,20-21H;/q-2;+2. The third-order valence-electron chi connectivity index (χ3n) is 6.34. The van der Waals surface area contributed by atoms with Crippen LogP contribution in [0.3, 0.4) is 0 Å². The summed E-state index contributed by atoms with van der Waals surface area (Å²) in [4.78, 5) is 9.07. The molecule has 0 spiro atoms. The van der Waals surface area contributed by atoms with E-state index in [0.29, 0.717) is 11.6 Å². The number of ether oxygens (including phenoxy) is 1. The molecule has 0 bridgehead atoms. The van der Waals surface area contributed by atoms with E-state index in [9.17, 15) is 0 Å². The van der Waals surface area contributed by atoms with Crippen LogP contribution < -0.4 is 4.74 Å². The van der Waals surface area contributed by atoms with Crippen molar-refractivity contribution < 1.29 is 25.8 Å². The Morgan fingerprint density at radius 2 is 1.46 bits per heavy atom. The second-order valence-electron chi connectivity index (χ2n) is 8.58. The van der Waals surface area contributed by atoms with Gasteiger partial charge < -0.3 is 9.30 Å². The number of rotatable bonds is 4. The Hall–Kier alpha value is -4.27. The van der Waals surface area contributed by atoms with Crippen LogP contribution in [0.15, 0.2) is 116 Å². The molecule has 178 valence electrons. The van der Waals surface area contributed by atoms with Crippen LogP contribution in [-0.2, 0) is 21.1 Å². The SMILES string of the molecule is [Pt+2].[c-]1c(Oc2cc3ccccc3cn2)cccc1-c1[c-]c2c(cc1)c1ccccc1n2-c1ccccn1. The van der Waals surface area contributed by atoms with Gasteiger partial charge in [-0.25, -0.2) is 21.1 Å². The van der Waals surface area contributed by atoms with Crippen LogP contribution in [0.2, 0.25) is 0 Å². The summed E-state index contributed by atoms with van der Waals surface area (Å²) in [5.41, 5.74) is 3.90. The van der Waals surface area contributed by atoms with Gasteiger partial charge in [-0.1, -0.05) is 53.9 Å². The summed E-state index contributed by atoms with van der Waals surface area (Å²) in [5.74, 6) is 2.01. The number of hydrogen-bond donors (Lipinski definition) is 0. The third-order valence-corrected chi connectivity index (χ3v) is 6.34. The molecular formula is C32H19N3OPt. The summed E-state index contributed by atoms with van der Waals surface area (Å²) in [5, 5.41) is 4.46.